The number of piperidine rings is 1. The number of ether oxygens (including phenoxy) is 3. The first-order valence-corrected chi connectivity index (χ1v) is 8.88. The maximum Gasteiger partial charge on any atom is 0.203 e. The standard InChI is InChI=1S/C19H30N2O3/c1-21-10-9-16(20-15-6-7-15)14(12-21)11-13-5-8-17(22-2)19(24-4)18(13)23-3/h5,8,14-16,20H,6-7,9-12H2,1-4H3/t14-,16+/m0/s1. The summed E-state index contributed by atoms with van der Waals surface area (Å²) in [6.45, 7) is 2.28. The van der Waals surface area contributed by atoms with Crippen molar-refractivity contribution in [1.29, 1.82) is 0 Å². The number of likely N-dealkylation sites (tertiary alicyclic amines) is 1. The van der Waals surface area contributed by atoms with Gasteiger partial charge in [0.05, 0.1) is 21.3 Å². The van der Waals surface area contributed by atoms with Gasteiger partial charge in [0.1, 0.15) is 0 Å². The predicted molar refractivity (Wildman–Crippen MR) is 95.4 cm³/mol. The van der Waals surface area contributed by atoms with Crippen molar-refractivity contribution in [2.75, 3.05) is 41.5 Å². The van der Waals surface area contributed by atoms with E-state index in [4.69, 9.17) is 14.2 Å². The molecule has 3 rings (SSSR count). The molecule has 1 aliphatic heterocycles. The van der Waals surface area contributed by atoms with Gasteiger partial charge in [-0.1, -0.05) is 6.07 Å². The lowest BCUT2D eigenvalue weighted by atomic mass is 9.86. The zero-order chi connectivity index (χ0) is 17.1. The van der Waals surface area contributed by atoms with E-state index in [1.165, 1.54) is 31.4 Å². The van der Waals surface area contributed by atoms with Crippen molar-refractivity contribution in [3.8, 4) is 17.2 Å². The third kappa shape index (κ3) is 3.78. The van der Waals surface area contributed by atoms with E-state index in [0.29, 0.717) is 23.5 Å². The fourth-order valence-corrected chi connectivity index (χ4v) is 3.80. The van der Waals surface area contributed by atoms with Crippen molar-refractivity contribution in [1.82, 2.24) is 10.2 Å². The van der Waals surface area contributed by atoms with Crippen LogP contribution < -0.4 is 19.5 Å². The summed E-state index contributed by atoms with van der Waals surface area (Å²) in [6, 6.07) is 5.43. The molecule has 0 spiro atoms. The molecular weight excluding hydrogens is 304 g/mol. The predicted octanol–water partition coefficient (Wildman–Crippen LogP) is 2.33. The normalized spacial score (nSPS) is 24.7. The Kier molecular flexibility index (Phi) is 5.51. The Morgan fingerprint density at radius 1 is 1.04 bits per heavy atom. The average Bonchev–Trinajstić information content (AvgIpc) is 3.40. The molecule has 0 unspecified atom stereocenters. The summed E-state index contributed by atoms with van der Waals surface area (Å²) in [5.74, 6) is 2.78. The van der Waals surface area contributed by atoms with Gasteiger partial charge in [0.15, 0.2) is 11.5 Å². The van der Waals surface area contributed by atoms with E-state index in [-0.39, 0.29) is 0 Å². The minimum atomic E-state index is 0.580. The number of hydrogen-bond donors (Lipinski definition) is 1. The van der Waals surface area contributed by atoms with Gasteiger partial charge < -0.3 is 24.4 Å². The van der Waals surface area contributed by atoms with Crippen LogP contribution in [0.15, 0.2) is 12.1 Å². The van der Waals surface area contributed by atoms with Gasteiger partial charge in [-0.2, -0.15) is 0 Å². The monoisotopic (exact) mass is 334 g/mol. The number of methoxy groups -OCH3 is 3. The molecule has 5 nitrogen and oxygen atoms in total. The molecule has 1 saturated carbocycles. The molecule has 5 heteroatoms. The third-order valence-corrected chi connectivity index (χ3v) is 5.23. The molecule has 1 aliphatic carbocycles. The van der Waals surface area contributed by atoms with Crippen LogP contribution in [0.5, 0.6) is 17.2 Å². The SMILES string of the molecule is COc1ccc(C[C@H]2CN(C)CC[C@H]2NC2CC2)c(OC)c1OC. The van der Waals surface area contributed by atoms with Crippen LogP contribution in [0.4, 0.5) is 0 Å². The van der Waals surface area contributed by atoms with Crippen molar-refractivity contribution in [3.63, 3.8) is 0 Å². The second-order valence-corrected chi connectivity index (χ2v) is 7.06. The van der Waals surface area contributed by atoms with Crippen LogP contribution in [-0.2, 0) is 6.42 Å². The number of nitrogens with zero attached hydrogens (tertiary/aromatic N) is 1. The molecule has 1 N–H and O–H groups in total. The van der Waals surface area contributed by atoms with Gasteiger partial charge in [-0.3, -0.25) is 0 Å². The lowest BCUT2D eigenvalue weighted by molar-refractivity contribution is 0.161. The molecule has 0 bridgehead atoms. The summed E-state index contributed by atoms with van der Waals surface area (Å²) in [7, 11) is 7.23. The van der Waals surface area contributed by atoms with Gasteiger partial charge in [0.2, 0.25) is 5.75 Å². The van der Waals surface area contributed by atoms with Gasteiger partial charge in [0.25, 0.3) is 0 Å². The van der Waals surface area contributed by atoms with Crippen LogP contribution in [0, 0.1) is 5.92 Å². The Balaban J connectivity index is 1.81. The zero-order valence-corrected chi connectivity index (χ0v) is 15.3. The smallest absolute Gasteiger partial charge is 0.203 e. The number of hydrogen-bond acceptors (Lipinski definition) is 5. The molecule has 2 aliphatic rings. The quantitative estimate of drug-likeness (QED) is 0.829. The van der Waals surface area contributed by atoms with E-state index in [1.54, 1.807) is 21.3 Å². The summed E-state index contributed by atoms with van der Waals surface area (Å²) >= 11 is 0. The Hall–Kier alpha value is -1.46. The lowest BCUT2D eigenvalue weighted by Gasteiger charge is -2.38. The first-order chi connectivity index (χ1) is 11.7. The Morgan fingerprint density at radius 3 is 2.42 bits per heavy atom. The van der Waals surface area contributed by atoms with Gasteiger partial charge in [-0.15, -0.1) is 0 Å². The van der Waals surface area contributed by atoms with Crippen LogP contribution in [-0.4, -0.2) is 58.5 Å². The largest absolute Gasteiger partial charge is 0.493 e. The summed E-state index contributed by atoms with van der Waals surface area (Å²) in [4.78, 5) is 2.43. The summed E-state index contributed by atoms with van der Waals surface area (Å²) in [6.07, 6.45) is 4.86. The minimum Gasteiger partial charge on any atom is -0.493 e. The molecule has 0 amide bonds. The molecule has 2 fully saturated rings. The van der Waals surface area contributed by atoms with E-state index < -0.39 is 0 Å². The van der Waals surface area contributed by atoms with Crippen molar-refractivity contribution in [2.45, 2.75) is 37.8 Å². The average molecular weight is 334 g/mol. The van der Waals surface area contributed by atoms with E-state index in [1.807, 2.05) is 6.07 Å². The Morgan fingerprint density at radius 2 is 1.79 bits per heavy atom. The van der Waals surface area contributed by atoms with Crippen LogP contribution >= 0.6 is 0 Å². The maximum atomic E-state index is 5.67. The third-order valence-electron chi connectivity index (χ3n) is 5.23. The molecule has 1 aromatic rings. The molecule has 0 aromatic heterocycles. The molecule has 134 valence electrons. The minimum absolute atomic E-state index is 0.580. The van der Waals surface area contributed by atoms with E-state index in [9.17, 15) is 0 Å². The summed E-state index contributed by atoms with van der Waals surface area (Å²) < 4.78 is 16.6. The molecule has 1 saturated heterocycles. The zero-order valence-electron chi connectivity index (χ0n) is 15.3. The number of rotatable bonds is 7. The topological polar surface area (TPSA) is 43.0 Å². The fraction of sp³-hybridized carbons (Fsp3) is 0.684. The van der Waals surface area contributed by atoms with E-state index in [2.05, 4.69) is 23.3 Å². The van der Waals surface area contributed by atoms with Gasteiger partial charge in [0, 0.05) is 18.6 Å². The first kappa shape index (κ1) is 17.4. The first-order valence-electron chi connectivity index (χ1n) is 8.88. The molecule has 1 aromatic carbocycles. The number of benzene rings is 1. The highest BCUT2D eigenvalue weighted by Gasteiger charge is 2.33. The highest BCUT2D eigenvalue weighted by Crippen LogP contribution is 2.41. The van der Waals surface area contributed by atoms with E-state index >= 15 is 0 Å². The molecule has 2 atom stereocenters. The van der Waals surface area contributed by atoms with Gasteiger partial charge in [-0.25, -0.2) is 0 Å². The second kappa shape index (κ2) is 7.62. The number of nitrogens with one attached hydrogen (secondary N) is 1. The summed E-state index contributed by atoms with van der Waals surface area (Å²) in [5.41, 5.74) is 1.19. The van der Waals surface area contributed by atoms with Crippen LogP contribution in [0.1, 0.15) is 24.8 Å². The van der Waals surface area contributed by atoms with Crippen LogP contribution in [0.25, 0.3) is 0 Å². The van der Waals surface area contributed by atoms with Gasteiger partial charge in [-0.05, 0) is 56.8 Å². The Labute approximate surface area is 145 Å². The fourth-order valence-electron chi connectivity index (χ4n) is 3.80. The molecular formula is C19H30N2O3. The molecule has 0 radical (unpaired) electrons. The van der Waals surface area contributed by atoms with Crippen molar-refractivity contribution in [3.05, 3.63) is 17.7 Å². The van der Waals surface area contributed by atoms with Crippen molar-refractivity contribution >= 4 is 0 Å². The molecule has 24 heavy (non-hydrogen) atoms. The van der Waals surface area contributed by atoms with E-state index in [0.717, 1.165) is 24.8 Å². The van der Waals surface area contributed by atoms with Crippen molar-refractivity contribution in [2.24, 2.45) is 5.92 Å². The highest BCUT2D eigenvalue weighted by atomic mass is 16.5. The Bertz CT molecular complexity index is 560. The van der Waals surface area contributed by atoms with Gasteiger partial charge >= 0.3 is 0 Å². The van der Waals surface area contributed by atoms with Crippen molar-refractivity contribution < 1.29 is 14.2 Å². The highest BCUT2D eigenvalue weighted by molar-refractivity contribution is 5.55. The second-order valence-electron chi connectivity index (χ2n) is 7.06. The van der Waals surface area contributed by atoms with Crippen LogP contribution in [0.2, 0.25) is 0 Å². The lowest BCUT2D eigenvalue weighted by Crippen LogP contribution is -2.49. The maximum absolute atomic E-state index is 5.67. The molecule has 1 heterocycles. The summed E-state index contributed by atoms with van der Waals surface area (Å²) in [5, 5.41) is 3.85. The van der Waals surface area contributed by atoms with Crippen LogP contribution in [0.3, 0.4) is 0 Å².